The smallest absolute Gasteiger partial charge is 0.181 e. The van der Waals surface area contributed by atoms with E-state index in [0.717, 1.165) is 22.8 Å². The summed E-state index contributed by atoms with van der Waals surface area (Å²) in [5, 5.41) is 0. The summed E-state index contributed by atoms with van der Waals surface area (Å²) in [4.78, 5) is 14.0. The van der Waals surface area contributed by atoms with Crippen LogP contribution in [0.15, 0.2) is 70.8 Å². The average Bonchev–Trinajstić information content (AvgIpc) is 3.39. The van der Waals surface area contributed by atoms with Crippen molar-refractivity contribution in [2.75, 3.05) is 0 Å². The summed E-state index contributed by atoms with van der Waals surface area (Å²) >= 11 is 2.41. The molecular weight excluding hydrogens is 499 g/mol. The largest absolute Gasteiger partial charge is 0.442 e. The maximum atomic E-state index is 5.59. The van der Waals surface area contributed by atoms with E-state index in [1.807, 2.05) is 6.33 Å². The van der Waals surface area contributed by atoms with Gasteiger partial charge in [0.2, 0.25) is 0 Å². The van der Waals surface area contributed by atoms with Crippen LogP contribution < -0.4 is 0 Å². The monoisotopic (exact) mass is 520 g/mol. The van der Waals surface area contributed by atoms with E-state index in [0.29, 0.717) is 11.7 Å². The fraction of sp³-hybridized carbons (Fsp3) is 0.240. The first-order chi connectivity index (χ1) is 15.2. The van der Waals surface area contributed by atoms with Crippen LogP contribution in [0.1, 0.15) is 60.5 Å². The van der Waals surface area contributed by atoms with Crippen LogP contribution in [0.25, 0.3) is 17.1 Å². The number of hydrogen-bond acceptors (Lipinski definition) is 4. The van der Waals surface area contributed by atoms with Crippen molar-refractivity contribution in [1.29, 1.82) is 0 Å². The molecule has 0 amide bonds. The Morgan fingerprint density at radius 2 is 1.97 bits per heavy atom. The highest BCUT2D eigenvalue weighted by Crippen LogP contribution is 2.40. The topological polar surface area (TPSA) is 56.2 Å². The van der Waals surface area contributed by atoms with Crippen molar-refractivity contribution in [2.24, 2.45) is 4.99 Å². The minimum atomic E-state index is -0.0897. The zero-order valence-corrected chi connectivity index (χ0v) is 19.3. The SMILES string of the molecule is C[C@@H]1N=C(c2ccccc2I)c2cc(C3CCC3)ccc2-n2cnc(-c3cnco3)c21. The van der Waals surface area contributed by atoms with Gasteiger partial charge >= 0.3 is 0 Å². The lowest BCUT2D eigenvalue weighted by Crippen LogP contribution is -2.13. The molecule has 5 nitrogen and oxygen atoms in total. The first-order valence-corrected chi connectivity index (χ1v) is 11.7. The van der Waals surface area contributed by atoms with Gasteiger partial charge < -0.3 is 4.42 Å². The lowest BCUT2D eigenvalue weighted by Gasteiger charge is -2.27. The number of rotatable bonds is 3. The molecule has 0 unspecified atom stereocenters. The van der Waals surface area contributed by atoms with E-state index in [1.54, 1.807) is 6.20 Å². The van der Waals surface area contributed by atoms with Crippen LogP contribution >= 0.6 is 22.6 Å². The Balaban J connectivity index is 1.62. The van der Waals surface area contributed by atoms with Gasteiger partial charge in [0, 0.05) is 14.7 Å². The van der Waals surface area contributed by atoms with Crippen LogP contribution in [-0.2, 0) is 0 Å². The highest BCUT2D eigenvalue weighted by molar-refractivity contribution is 14.1. The Labute approximate surface area is 194 Å². The van der Waals surface area contributed by atoms with Crippen molar-refractivity contribution in [2.45, 2.75) is 38.1 Å². The lowest BCUT2D eigenvalue weighted by atomic mass is 9.79. The van der Waals surface area contributed by atoms with E-state index in [9.17, 15) is 0 Å². The standard InChI is InChI=1S/C25H21IN4O/c1-15-25-24(22-12-27-14-31-22)28-13-30(25)21-10-9-17(16-5-4-6-16)11-19(21)23(29-15)18-7-2-3-8-20(18)26/h2-3,7-16H,4-6H2,1H3/t15-/m0/s1. The molecular formula is C25H21IN4O. The number of fused-ring (bicyclic) bond motifs is 3. The third-order valence-corrected chi connectivity index (χ3v) is 7.37. The second-order valence-corrected chi connectivity index (χ2v) is 9.41. The molecule has 4 aromatic rings. The van der Waals surface area contributed by atoms with Crippen LogP contribution in [0.2, 0.25) is 0 Å². The Kier molecular flexibility index (Phi) is 4.56. The summed E-state index contributed by atoms with van der Waals surface area (Å²) < 4.78 is 8.96. The highest BCUT2D eigenvalue weighted by atomic mass is 127. The number of oxazole rings is 1. The number of benzene rings is 2. The van der Waals surface area contributed by atoms with Crippen LogP contribution in [-0.4, -0.2) is 20.2 Å². The second kappa shape index (κ2) is 7.44. The van der Waals surface area contributed by atoms with Crippen molar-refractivity contribution >= 4 is 28.3 Å². The minimum absolute atomic E-state index is 0.0897. The number of imidazole rings is 1. The molecule has 0 bridgehead atoms. The summed E-state index contributed by atoms with van der Waals surface area (Å²) in [5.41, 5.74) is 7.72. The van der Waals surface area contributed by atoms with Gasteiger partial charge in [0.15, 0.2) is 12.2 Å². The summed E-state index contributed by atoms with van der Waals surface area (Å²) in [7, 11) is 0. The molecule has 2 aromatic heterocycles. The fourth-order valence-electron chi connectivity index (χ4n) is 4.61. The Morgan fingerprint density at radius 1 is 1.10 bits per heavy atom. The number of hydrogen-bond donors (Lipinski definition) is 0. The fourth-order valence-corrected chi connectivity index (χ4v) is 5.26. The molecule has 0 N–H and O–H groups in total. The van der Waals surface area contributed by atoms with E-state index in [4.69, 9.17) is 9.41 Å². The third-order valence-electron chi connectivity index (χ3n) is 6.43. The maximum Gasteiger partial charge on any atom is 0.181 e. The van der Waals surface area contributed by atoms with Crippen molar-refractivity contribution < 1.29 is 4.42 Å². The molecule has 0 saturated heterocycles. The molecule has 31 heavy (non-hydrogen) atoms. The highest BCUT2D eigenvalue weighted by Gasteiger charge is 2.29. The summed E-state index contributed by atoms with van der Waals surface area (Å²) in [5.74, 6) is 1.33. The zero-order valence-electron chi connectivity index (χ0n) is 17.1. The molecule has 0 spiro atoms. The van der Waals surface area contributed by atoms with E-state index < -0.39 is 0 Å². The van der Waals surface area contributed by atoms with Crippen molar-refractivity contribution in [3.63, 3.8) is 0 Å². The number of nitrogens with zero attached hydrogens (tertiary/aromatic N) is 4. The van der Waals surface area contributed by atoms with Gasteiger partial charge in [0.1, 0.15) is 12.0 Å². The zero-order chi connectivity index (χ0) is 20.9. The van der Waals surface area contributed by atoms with E-state index in [1.165, 1.54) is 45.9 Å². The minimum Gasteiger partial charge on any atom is -0.442 e. The van der Waals surface area contributed by atoms with Gasteiger partial charge in [-0.3, -0.25) is 9.56 Å². The van der Waals surface area contributed by atoms with Crippen LogP contribution in [0.5, 0.6) is 0 Å². The molecule has 6 rings (SSSR count). The maximum absolute atomic E-state index is 5.59. The number of halogens is 1. The Morgan fingerprint density at radius 3 is 2.71 bits per heavy atom. The molecule has 0 radical (unpaired) electrons. The normalized spacial score (nSPS) is 18.0. The molecule has 2 aliphatic rings. The van der Waals surface area contributed by atoms with Crippen LogP contribution in [0.3, 0.4) is 0 Å². The number of aromatic nitrogens is 3. The van der Waals surface area contributed by atoms with E-state index >= 15 is 0 Å². The molecule has 1 atom stereocenters. The first-order valence-electron chi connectivity index (χ1n) is 10.6. The van der Waals surface area contributed by atoms with Crippen LogP contribution in [0.4, 0.5) is 0 Å². The van der Waals surface area contributed by atoms with Crippen molar-refractivity contribution in [3.8, 4) is 17.1 Å². The van der Waals surface area contributed by atoms with E-state index in [2.05, 4.69) is 86.5 Å². The van der Waals surface area contributed by atoms with E-state index in [-0.39, 0.29) is 6.04 Å². The van der Waals surface area contributed by atoms with Gasteiger partial charge in [-0.25, -0.2) is 9.97 Å². The second-order valence-electron chi connectivity index (χ2n) is 8.25. The molecule has 154 valence electrons. The third kappa shape index (κ3) is 3.07. The Bertz CT molecular complexity index is 1300. The predicted molar refractivity (Wildman–Crippen MR) is 129 cm³/mol. The van der Waals surface area contributed by atoms with Gasteiger partial charge in [-0.15, -0.1) is 0 Å². The quantitative estimate of drug-likeness (QED) is 0.298. The molecule has 6 heteroatoms. The summed E-state index contributed by atoms with van der Waals surface area (Å²) in [6, 6.07) is 15.3. The number of aliphatic imine (C=N–C) groups is 1. The van der Waals surface area contributed by atoms with Gasteiger partial charge in [-0.2, -0.15) is 0 Å². The van der Waals surface area contributed by atoms with Gasteiger partial charge in [0.05, 0.1) is 29.3 Å². The molecule has 3 heterocycles. The van der Waals surface area contributed by atoms with Crippen molar-refractivity contribution in [3.05, 3.63) is 87.3 Å². The van der Waals surface area contributed by atoms with Gasteiger partial charge in [0.25, 0.3) is 0 Å². The first kappa shape index (κ1) is 19.0. The van der Waals surface area contributed by atoms with Crippen LogP contribution in [0, 0.1) is 3.57 Å². The molecule has 1 aliphatic carbocycles. The molecule has 1 saturated carbocycles. The molecule has 2 aromatic carbocycles. The van der Waals surface area contributed by atoms with Crippen molar-refractivity contribution in [1.82, 2.24) is 14.5 Å². The average molecular weight is 520 g/mol. The molecule has 1 fully saturated rings. The summed E-state index contributed by atoms with van der Waals surface area (Å²) in [6.07, 6.45) is 8.92. The van der Waals surface area contributed by atoms with Gasteiger partial charge in [-0.1, -0.05) is 30.7 Å². The Hall–Kier alpha value is -2.74. The lowest BCUT2D eigenvalue weighted by molar-refractivity contribution is 0.419. The van der Waals surface area contributed by atoms with Gasteiger partial charge in [-0.05, 0) is 72.0 Å². The molecule has 1 aliphatic heterocycles. The predicted octanol–water partition coefficient (Wildman–Crippen LogP) is 6.31. The summed E-state index contributed by atoms with van der Waals surface area (Å²) in [6.45, 7) is 2.13.